The van der Waals surface area contributed by atoms with Crippen LogP contribution < -0.4 is 0 Å². The third kappa shape index (κ3) is 7.99. The smallest absolute Gasteiger partial charge is 0.149 e. The Kier molecular flexibility index (Phi) is 18.6. The minimum Gasteiger partial charge on any atom is -0.693 e. The van der Waals surface area contributed by atoms with E-state index in [1.165, 1.54) is 14.9 Å². The normalized spacial score (nSPS) is 23.4. The second-order valence-electron chi connectivity index (χ2n) is 1.35. The molecule has 2 N–H and O–H groups in total. The molecule has 1 aliphatic rings. The van der Waals surface area contributed by atoms with Crippen molar-refractivity contribution in [2.45, 2.75) is 18.9 Å². The van der Waals surface area contributed by atoms with Crippen LogP contribution in [0.25, 0.3) is 6.15 Å². The minimum atomic E-state index is 0. The van der Waals surface area contributed by atoms with Gasteiger partial charge < -0.3 is 6.15 Å². The molecule has 1 saturated heterocycles. The molecule has 0 aromatic rings. The van der Waals surface area contributed by atoms with Gasteiger partial charge in [0.25, 0.3) is 0 Å². The van der Waals surface area contributed by atoms with Crippen LogP contribution in [0.4, 0.5) is 0 Å². The van der Waals surface area contributed by atoms with Gasteiger partial charge in [-0.2, -0.15) is 18.4 Å². The summed E-state index contributed by atoms with van der Waals surface area (Å²) in [5.74, 6) is 0. The van der Waals surface area contributed by atoms with Crippen LogP contribution >= 0.6 is 18.4 Å². The molecule has 0 spiro atoms. The molecular weight excluding hydrogens is 212 g/mol. The molecule has 5 heteroatoms. The summed E-state index contributed by atoms with van der Waals surface area (Å²) in [4.78, 5) is 0. The Morgan fingerprint density at radius 2 is 2.00 bits per heavy atom. The Morgan fingerprint density at radius 1 is 1.62 bits per heavy atom. The molecule has 0 aliphatic carbocycles. The Morgan fingerprint density at radius 3 is 2.00 bits per heavy atom. The molecule has 1 heterocycles. The Labute approximate surface area is 82.6 Å². The predicted octanol–water partition coefficient (Wildman–Crippen LogP) is 1.81. The number of hydrogen-bond donors (Lipinski definition) is 0. The number of rotatable bonds is 1. The van der Waals surface area contributed by atoms with Crippen molar-refractivity contribution in [3.05, 3.63) is 6.15 Å². The molecule has 8 heavy (non-hydrogen) atoms. The Hall–Kier alpha value is 1.99. The van der Waals surface area contributed by atoms with Crippen LogP contribution in [0, 0.1) is 0 Å². The van der Waals surface area contributed by atoms with E-state index < -0.39 is 0 Å². The van der Waals surface area contributed by atoms with E-state index in [0.29, 0.717) is 0 Å². The predicted molar refractivity (Wildman–Crippen MR) is 44.5 cm³/mol. The van der Waals surface area contributed by atoms with Gasteiger partial charge in [-0.1, -0.05) is 18.9 Å². The van der Waals surface area contributed by atoms with Crippen LogP contribution in [0.5, 0.6) is 0 Å². The van der Waals surface area contributed by atoms with Gasteiger partial charge in [0.1, 0.15) is 7.00 Å². The zero-order valence-electron chi connectivity index (χ0n) is 5.22. The van der Waals surface area contributed by atoms with Gasteiger partial charge in [-0.05, 0) is 0 Å². The van der Waals surface area contributed by atoms with Gasteiger partial charge in [-0.25, -0.2) is 0 Å². The molecule has 46 valence electrons. The van der Waals surface area contributed by atoms with E-state index in [-0.39, 0.29) is 48.8 Å². The molecule has 0 amide bonds. The molecule has 0 saturated carbocycles. The first-order valence-corrected chi connectivity index (χ1v) is 3.18. The van der Waals surface area contributed by atoms with Crippen molar-refractivity contribution in [3.63, 3.8) is 0 Å². The monoisotopic (exact) mass is 224 g/mol. The van der Waals surface area contributed by atoms with Crippen LogP contribution in [-0.4, -0.2) is 12.6 Å². The summed E-state index contributed by atoms with van der Waals surface area (Å²) in [5.41, 5.74) is 1.04. The number of nitrogens with two attached hydrogens (primary N) is 1. The summed E-state index contributed by atoms with van der Waals surface area (Å²) in [6.07, 6.45) is 1.37. The van der Waals surface area contributed by atoms with Gasteiger partial charge >= 0.3 is 0 Å². The van der Waals surface area contributed by atoms with Crippen molar-refractivity contribution in [2.24, 2.45) is 0 Å². The molecule has 0 bridgehead atoms. The first kappa shape index (κ1) is 16.5. The maximum Gasteiger partial charge on any atom is 0.149 e. The Balaban J connectivity index is -0.0000000833. The average Bonchev–Trinajstić information content (AvgIpc) is 2.12. The van der Waals surface area contributed by atoms with Gasteiger partial charge in [0.2, 0.25) is 0 Å². The second kappa shape index (κ2) is 8.99. The van der Waals surface area contributed by atoms with Crippen LogP contribution in [0.15, 0.2) is 0 Å². The van der Waals surface area contributed by atoms with E-state index in [2.05, 4.69) is 13.9 Å². The van der Waals surface area contributed by atoms with Gasteiger partial charge in [0, 0.05) is 32.7 Å². The summed E-state index contributed by atoms with van der Waals surface area (Å²) in [6, 6.07) is 0. The van der Waals surface area contributed by atoms with E-state index in [4.69, 9.17) is 0 Å². The molecule has 0 aromatic carbocycles. The van der Waals surface area contributed by atoms with Gasteiger partial charge in [0.15, 0.2) is 0 Å². The first-order chi connectivity index (χ1) is 2.43. The maximum absolute atomic E-state index is 2.38. The topological polar surface area (TPSA) is 33.5 Å². The fourth-order valence-electron chi connectivity index (χ4n) is 0.304. The zero-order chi connectivity index (χ0) is 3.70. The van der Waals surface area contributed by atoms with E-state index in [9.17, 15) is 0 Å². The summed E-state index contributed by atoms with van der Waals surface area (Å²) < 4.78 is 0. The zero-order valence-corrected chi connectivity index (χ0v) is 10.5. The molecule has 1 rings (SSSR count). The van der Waals surface area contributed by atoms with E-state index >= 15 is 0 Å². The second-order valence-corrected chi connectivity index (χ2v) is 2.76. The number of hydrogen-bond acceptors (Lipinski definition) is 0. The molecule has 1 aliphatic heterocycles. The quantitative estimate of drug-likeness (QED) is 0.480. The molecular formula is C3H12BNP2Y-. The van der Waals surface area contributed by atoms with Crippen molar-refractivity contribution in [1.29, 1.82) is 0 Å². The Bertz CT molecular complexity index is 44.3. The largest absolute Gasteiger partial charge is 0.693 e. The molecule has 2 radical (unpaired) electrons. The molecule has 3 atom stereocenters. The van der Waals surface area contributed by atoms with Crippen molar-refractivity contribution in [2.75, 3.05) is 0 Å². The summed E-state index contributed by atoms with van der Waals surface area (Å²) in [6.45, 7) is 4.61. The van der Waals surface area contributed by atoms with Gasteiger partial charge in [-0.15, -0.1) is 0 Å². The molecule has 0 aromatic heterocycles. The van der Waals surface area contributed by atoms with Crippen molar-refractivity contribution < 1.29 is 32.7 Å². The standard InChI is InChI=1S/C3H7BP.H2N.H3P.Y/c1-2-3-4-5-3;;;/h3,5H,2H2,1H3;1H2;1H3;/q;-1;;. The average molecular weight is 224 g/mol. The fourth-order valence-corrected chi connectivity index (χ4v) is 0.911. The third-order valence-electron chi connectivity index (χ3n) is 0.842. The van der Waals surface area contributed by atoms with Crippen LogP contribution in [0.3, 0.4) is 0 Å². The minimum absolute atomic E-state index is 0. The molecule has 1 fully saturated rings. The van der Waals surface area contributed by atoms with Crippen LogP contribution in [0.1, 0.15) is 13.3 Å². The fraction of sp³-hybridized carbons (Fsp3) is 1.00. The maximum atomic E-state index is 2.38. The van der Waals surface area contributed by atoms with E-state index in [0.717, 1.165) is 5.56 Å². The molecule has 1 nitrogen and oxygen atoms in total. The molecule has 3 unspecified atom stereocenters. The van der Waals surface area contributed by atoms with E-state index in [1.807, 2.05) is 0 Å². The summed E-state index contributed by atoms with van der Waals surface area (Å²) >= 11 is 0. The van der Waals surface area contributed by atoms with Gasteiger partial charge in [0.05, 0.1) is 0 Å². The van der Waals surface area contributed by atoms with Gasteiger partial charge in [-0.3, -0.25) is 0 Å². The van der Waals surface area contributed by atoms with E-state index in [1.54, 1.807) is 0 Å². The summed E-state index contributed by atoms with van der Waals surface area (Å²) in [7, 11) is 1.20. The van der Waals surface area contributed by atoms with Crippen LogP contribution in [-0.2, 0) is 32.7 Å². The first-order valence-electron chi connectivity index (χ1n) is 2.03. The van der Waals surface area contributed by atoms with Crippen molar-refractivity contribution in [3.8, 4) is 0 Å². The van der Waals surface area contributed by atoms with Crippen molar-refractivity contribution in [1.82, 2.24) is 0 Å². The van der Waals surface area contributed by atoms with Crippen molar-refractivity contribution >= 4 is 25.4 Å². The third-order valence-corrected chi connectivity index (χ3v) is 2.06. The van der Waals surface area contributed by atoms with Crippen LogP contribution in [0.2, 0.25) is 0 Å². The summed E-state index contributed by atoms with van der Waals surface area (Å²) in [5, 5.41) is 0. The SMILES string of the molecule is CCC1[B]P1.P.[NH2-].[Y].